The van der Waals surface area contributed by atoms with E-state index in [0.29, 0.717) is 6.54 Å². The molecule has 0 saturated heterocycles. The fourth-order valence-electron chi connectivity index (χ4n) is 1.76. The van der Waals surface area contributed by atoms with Gasteiger partial charge in [0.15, 0.2) is 0 Å². The lowest BCUT2D eigenvalue weighted by Gasteiger charge is -2.24. The van der Waals surface area contributed by atoms with Crippen molar-refractivity contribution >= 4 is 15.7 Å². The van der Waals surface area contributed by atoms with Gasteiger partial charge in [-0.2, -0.15) is 4.31 Å². The second-order valence-corrected chi connectivity index (χ2v) is 6.90. The van der Waals surface area contributed by atoms with Gasteiger partial charge in [-0.1, -0.05) is 12.1 Å². The van der Waals surface area contributed by atoms with Gasteiger partial charge in [0.2, 0.25) is 10.0 Å². The number of anilines is 1. The van der Waals surface area contributed by atoms with Crippen molar-refractivity contribution in [2.24, 2.45) is 0 Å². The highest BCUT2D eigenvalue weighted by molar-refractivity contribution is 7.88. The fraction of sp³-hybridized carbons (Fsp3) is 0.538. The lowest BCUT2D eigenvalue weighted by molar-refractivity contribution is 0.351. The van der Waals surface area contributed by atoms with Gasteiger partial charge in [0.1, 0.15) is 0 Å². The van der Waals surface area contributed by atoms with Gasteiger partial charge >= 0.3 is 0 Å². The predicted octanol–water partition coefficient (Wildman–Crippen LogP) is 1.92. The average Bonchev–Trinajstić information content (AvgIpc) is 2.24. The van der Waals surface area contributed by atoms with Gasteiger partial charge in [0.05, 0.1) is 6.26 Å². The summed E-state index contributed by atoms with van der Waals surface area (Å²) in [7, 11) is 0.790. The smallest absolute Gasteiger partial charge is 0.211 e. The van der Waals surface area contributed by atoms with Crippen molar-refractivity contribution in [3.8, 4) is 0 Å². The first kappa shape index (κ1) is 15.0. The van der Waals surface area contributed by atoms with E-state index in [9.17, 15) is 8.42 Å². The van der Waals surface area contributed by atoms with Crippen LogP contribution in [0.2, 0.25) is 0 Å². The molecule has 0 aliphatic heterocycles. The maximum atomic E-state index is 11.7. The van der Waals surface area contributed by atoms with Crippen LogP contribution < -0.4 is 4.90 Å². The second-order valence-electron chi connectivity index (χ2n) is 4.96. The zero-order valence-electron chi connectivity index (χ0n) is 11.7. The number of benzene rings is 1. The van der Waals surface area contributed by atoms with Crippen molar-refractivity contribution in [3.63, 3.8) is 0 Å². The molecule has 0 heterocycles. The lowest BCUT2D eigenvalue weighted by atomic mass is 10.2. The van der Waals surface area contributed by atoms with Crippen molar-refractivity contribution in [1.82, 2.24) is 4.31 Å². The van der Waals surface area contributed by atoms with Gasteiger partial charge in [-0.05, 0) is 31.5 Å². The molecule has 1 rings (SSSR count). The average molecular weight is 270 g/mol. The molecule has 1 aromatic carbocycles. The molecule has 0 bridgehead atoms. The van der Waals surface area contributed by atoms with Gasteiger partial charge in [-0.25, -0.2) is 8.42 Å². The zero-order chi connectivity index (χ0) is 13.9. The molecule has 0 aromatic heterocycles. The quantitative estimate of drug-likeness (QED) is 0.821. The van der Waals surface area contributed by atoms with E-state index < -0.39 is 10.0 Å². The molecule has 5 heteroatoms. The van der Waals surface area contributed by atoms with E-state index >= 15 is 0 Å². The molecule has 0 aliphatic rings. The normalized spacial score (nSPS) is 12.2. The Hall–Kier alpha value is -1.07. The van der Waals surface area contributed by atoms with Crippen LogP contribution in [0.4, 0.5) is 5.69 Å². The minimum atomic E-state index is -3.17. The molecule has 0 spiro atoms. The third-order valence-corrected chi connectivity index (χ3v) is 4.20. The van der Waals surface area contributed by atoms with Crippen molar-refractivity contribution in [2.75, 3.05) is 25.3 Å². The van der Waals surface area contributed by atoms with Crippen LogP contribution in [0.3, 0.4) is 0 Å². The van der Waals surface area contributed by atoms with Gasteiger partial charge in [-0.3, -0.25) is 0 Å². The van der Waals surface area contributed by atoms with E-state index in [1.165, 1.54) is 10.6 Å². The molecule has 4 nitrogen and oxygen atoms in total. The second kappa shape index (κ2) is 5.71. The Morgan fingerprint density at radius 2 is 1.61 bits per heavy atom. The zero-order valence-corrected chi connectivity index (χ0v) is 12.5. The van der Waals surface area contributed by atoms with Gasteiger partial charge in [0, 0.05) is 32.4 Å². The monoisotopic (exact) mass is 270 g/mol. The van der Waals surface area contributed by atoms with Crippen LogP contribution in [-0.2, 0) is 16.6 Å². The first-order chi connectivity index (χ1) is 8.21. The SMILES string of the molecule is CC(C)N(Cc1ccc(N(C)C)cc1)S(C)(=O)=O. The van der Waals surface area contributed by atoms with Crippen molar-refractivity contribution in [3.05, 3.63) is 29.8 Å². The third kappa shape index (κ3) is 3.99. The van der Waals surface area contributed by atoms with E-state index in [2.05, 4.69) is 0 Å². The van der Waals surface area contributed by atoms with Crippen LogP contribution >= 0.6 is 0 Å². The molecule has 0 N–H and O–H groups in total. The van der Waals surface area contributed by atoms with E-state index in [-0.39, 0.29) is 6.04 Å². The summed E-state index contributed by atoms with van der Waals surface area (Å²) in [4.78, 5) is 2.01. The van der Waals surface area contributed by atoms with Crippen LogP contribution in [-0.4, -0.2) is 39.1 Å². The number of rotatable bonds is 5. The van der Waals surface area contributed by atoms with Gasteiger partial charge in [0.25, 0.3) is 0 Å². The Morgan fingerprint density at radius 3 is 1.94 bits per heavy atom. The highest BCUT2D eigenvalue weighted by Gasteiger charge is 2.20. The van der Waals surface area contributed by atoms with E-state index in [4.69, 9.17) is 0 Å². The summed E-state index contributed by atoms with van der Waals surface area (Å²) in [6.07, 6.45) is 1.25. The van der Waals surface area contributed by atoms with Crippen molar-refractivity contribution < 1.29 is 8.42 Å². The molecule has 102 valence electrons. The minimum absolute atomic E-state index is 0.0338. The summed E-state index contributed by atoms with van der Waals surface area (Å²) in [6, 6.07) is 7.89. The van der Waals surface area contributed by atoms with E-state index in [1.807, 2.05) is 57.1 Å². The Morgan fingerprint density at radius 1 is 1.11 bits per heavy atom. The number of sulfonamides is 1. The first-order valence-electron chi connectivity index (χ1n) is 5.95. The topological polar surface area (TPSA) is 40.6 Å². The molecule has 0 atom stereocenters. The van der Waals surface area contributed by atoms with Gasteiger partial charge in [-0.15, -0.1) is 0 Å². The van der Waals surface area contributed by atoms with Crippen LogP contribution in [0.15, 0.2) is 24.3 Å². The maximum Gasteiger partial charge on any atom is 0.211 e. The summed E-state index contributed by atoms with van der Waals surface area (Å²) in [5.74, 6) is 0. The van der Waals surface area contributed by atoms with Crippen LogP contribution in [0.1, 0.15) is 19.4 Å². The van der Waals surface area contributed by atoms with Crippen LogP contribution in [0.25, 0.3) is 0 Å². The van der Waals surface area contributed by atoms with E-state index in [1.54, 1.807) is 0 Å². The van der Waals surface area contributed by atoms with Crippen LogP contribution in [0, 0.1) is 0 Å². The fourth-order valence-corrected chi connectivity index (χ4v) is 2.91. The third-order valence-electron chi connectivity index (χ3n) is 2.79. The lowest BCUT2D eigenvalue weighted by Crippen LogP contribution is -2.35. The highest BCUT2D eigenvalue weighted by Crippen LogP contribution is 2.16. The predicted molar refractivity (Wildman–Crippen MR) is 76.3 cm³/mol. The Bertz CT molecular complexity index is 478. The molecular weight excluding hydrogens is 248 g/mol. The number of hydrogen-bond donors (Lipinski definition) is 0. The molecule has 0 amide bonds. The molecular formula is C13H22N2O2S. The summed E-state index contributed by atoms with van der Waals surface area (Å²) < 4.78 is 24.8. The van der Waals surface area contributed by atoms with E-state index in [0.717, 1.165) is 11.3 Å². The first-order valence-corrected chi connectivity index (χ1v) is 7.79. The maximum absolute atomic E-state index is 11.7. The molecule has 0 saturated carbocycles. The Labute approximate surface area is 110 Å². The Kier molecular flexibility index (Phi) is 4.76. The van der Waals surface area contributed by atoms with Crippen molar-refractivity contribution in [2.45, 2.75) is 26.4 Å². The summed E-state index contributed by atoms with van der Waals surface area (Å²) in [5, 5.41) is 0. The molecule has 0 fully saturated rings. The minimum Gasteiger partial charge on any atom is -0.378 e. The standard InChI is InChI=1S/C13H22N2O2S/c1-11(2)15(18(5,16)17)10-12-6-8-13(9-7-12)14(3)4/h6-9,11H,10H2,1-5H3. The largest absolute Gasteiger partial charge is 0.378 e. The summed E-state index contributed by atoms with van der Waals surface area (Å²) >= 11 is 0. The molecule has 0 radical (unpaired) electrons. The highest BCUT2D eigenvalue weighted by atomic mass is 32.2. The molecule has 18 heavy (non-hydrogen) atoms. The summed E-state index contributed by atoms with van der Waals surface area (Å²) in [6.45, 7) is 4.19. The van der Waals surface area contributed by atoms with Gasteiger partial charge < -0.3 is 4.90 Å². The molecule has 1 aromatic rings. The summed E-state index contributed by atoms with van der Waals surface area (Å²) in [5.41, 5.74) is 2.11. The van der Waals surface area contributed by atoms with Crippen molar-refractivity contribution in [1.29, 1.82) is 0 Å². The van der Waals surface area contributed by atoms with Crippen LogP contribution in [0.5, 0.6) is 0 Å². The number of nitrogens with zero attached hydrogens (tertiary/aromatic N) is 2. The number of hydrogen-bond acceptors (Lipinski definition) is 3. The Balaban J connectivity index is 2.89. The molecule has 0 aliphatic carbocycles. The molecule has 0 unspecified atom stereocenters.